The molecule has 1 unspecified atom stereocenters. The first-order valence-electron chi connectivity index (χ1n) is 6.20. The highest BCUT2D eigenvalue weighted by atomic mass is 35.5. The van der Waals surface area contributed by atoms with Crippen LogP contribution in [0.15, 0.2) is 18.2 Å². The van der Waals surface area contributed by atoms with E-state index in [9.17, 15) is 14.7 Å². The van der Waals surface area contributed by atoms with Gasteiger partial charge < -0.3 is 15.3 Å². The zero-order valence-electron chi connectivity index (χ0n) is 10.6. The Labute approximate surface area is 126 Å². The zero-order chi connectivity index (χ0) is 14.7. The SMILES string of the molecule is O=C(Nc1cc(Cl)cc(Cl)c1)C(=O)N1CCCC(O)C1. The zero-order valence-corrected chi connectivity index (χ0v) is 12.1. The molecule has 0 bridgehead atoms. The van der Waals surface area contributed by atoms with Crippen molar-refractivity contribution in [2.45, 2.75) is 18.9 Å². The Morgan fingerprint density at radius 2 is 1.90 bits per heavy atom. The van der Waals surface area contributed by atoms with Gasteiger partial charge in [-0.3, -0.25) is 9.59 Å². The summed E-state index contributed by atoms with van der Waals surface area (Å²) in [7, 11) is 0. The summed E-state index contributed by atoms with van der Waals surface area (Å²) in [6, 6.07) is 4.54. The smallest absolute Gasteiger partial charge is 0.313 e. The number of β-amino-alcohol motifs (C(OH)–C–C–N with tert-alkyl or cyclic N) is 1. The minimum atomic E-state index is -0.766. The number of aliphatic hydroxyl groups excluding tert-OH is 1. The van der Waals surface area contributed by atoms with Gasteiger partial charge in [0.1, 0.15) is 0 Å². The molecule has 20 heavy (non-hydrogen) atoms. The number of amides is 2. The third kappa shape index (κ3) is 3.85. The van der Waals surface area contributed by atoms with Gasteiger partial charge in [0, 0.05) is 28.8 Å². The lowest BCUT2D eigenvalue weighted by Crippen LogP contribution is -2.46. The van der Waals surface area contributed by atoms with E-state index >= 15 is 0 Å². The maximum Gasteiger partial charge on any atom is 0.313 e. The molecular formula is C13H14Cl2N2O3. The number of nitrogens with one attached hydrogen (secondary N) is 1. The van der Waals surface area contributed by atoms with Crippen LogP contribution in [0, 0.1) is 0 Å². The second-order valence-corrected chi connectivity index (χ2v) is 5.53. The minimum absolute atomic E-state index is 0.183. The molecule has 7 heteroatoms. The van der Waals surface area contributed by atoms with Crippen molar-refractivity contribution < 1.29 is 14.7 Å². The average Bonchev–Trinajstić information content (AvgIpc) is 2.36. The molecule has 2 amide bonds. The van der Waals surface area contributed by atoms with Crippen LogP contribution in [-0.4, -0.2) is 41.0 Å². The van der Waals surface area contributed by atoms with Crippen LogP contribution in [0.3, 0.4) is 0 Å². The largest absolute Gasteiger partial charge is 0.391 e. The van der Waals surface area contributed by atoms with Crippen LogP contribution in [0.4, 0.5) is 5.69 Å². The van der Waals surface area contributed by atoms with Gasteiger partial charge in [0.05, 0.1) is 6.10 Å². The van der Waals surface area contributed by atoms with E-state index in [2.05, 4.69) is 5.32 Å². The fraction of sp³-hybridized carbons (Fsp3) is 0.385. The van der Waals surface area contributed by atoms with E-state index in [-0.39, 0.29) is 6.54 Å². The molecule has 1 aliphatic heterocycles. The molecule has 2 N–H and O–H groups in total. The van der Waals surface area contributed by atoms with Crippen LogP contribution in [0.1, 0.15) is 12.8 Å². The lowest BCUT2D eigenvalue weighted by atomic mass is 10.1. The first-order valence-corrected chi connectivity index (χ1v) is 6.95. The highest BCUT2D eigenvalue weighted by Gasteiger charge is 2.26. The molecule has 2 rings (SSSR count). The molecule has 1 fully saturated rings. The Kier molecular flexibility index (Phi) is 4.86. The van der Waals surface area contributed by atoms with Crippen molar-refractivity contribution in [3.05, 3.63) is 28.2 Å². The molecule has 0 saturated carbocycles. The molecule has 1 atom stereocenters. The number of halogens is 2. The van der Waals surface area contributed by atoms with Crippen LogP contribution in [0.2, 0.25) is 10.0 Å². The van der Waals surface area contributed by atoms with Crippen molar-refractivity contribution in [3.63, 3.8) is 0 Å². The van der Waals surface area contributed by atoms with Gasteiger partial charge in [0.25, 0.3) is 0 Å². The summed E-state index contributed by atoms with van der Waals surface area (Å²) >= 11 is 11.6. The van der Waals surface area contributed by atoms with Crippen LogP contribution in [-0.2, 0) is 9.59 Å². The van der Waals surface area contributed by atoms with E-state index in [1.807, 2.05) is 0 Å². The van der Waals surface area contributed by atoms with E-state index in [0.29, 0.717) is 35.1 Å². The molecule has 0 aromatic heterocycles. The van der Waals surface area contributed by atoms with E-state index in [0.717, 1.165) is 0 Å². The number of nitrogens with zero attached hydrogens (tertiary/aromatic N) is 1. The van der Waals surface area contributed by atoms with Gasteiger partial charge in [-0.05, 0) is 31.0 Å². The third-order valence-corrected chi connectivity index (χ3v) is 3.43. The number of carbonyl (C=O) groups is 2. The predicted octanol–water partition coefficient (Wildman–Crippen LogP) is 1.92. The van der Waals surface area contributed by atoms with Gasteiger partial charge in [0.2, 0.25) is 0 Å². The Balaban J connectivity index is 2.02. The summed E-state index contributed by atoms with van der Waals surface area (Å²) in [5, 5.41) is 12.7. The average molecular weight is 317 g/mol. The summed E-state index contributed by atoms with van der Waals surface area (Å²) in [6.07, 6.45) is 0.763. The summed E-state index contributed by atoms with van der Waals surface area (Å²) in [4.78, 5) is 25.2. The van der Waals surface area contributed by atoms with Gasteiger partial charge in [-0.15, -0.1) is 0 Å². The van der Waals surface area contributed by atoms with Crippen molar-refractivity contribution >= 4 is 40.7 Å². The topological polar surface area (TPSA) is 69.6 Å². The van der Waals surface area contributed by atoms with E-state index in [1.165, 1.54) is 23.1 Å². The Hall–Kier alpha value is -1.30. The molecule has 1 aromatic rings. The normalized spacial score (nSPS) is 18.8. The number of benzene rings is 1. The van der Waals surface area contributed by atoms with E-state index in [1.54, 1.807) is 0 Å². The van der Waals surface area contributed by atoms with E-state index in [4.69, 9.17) is 23.2 Å². The summed E-state index contributed by atoms with van der Waals surface area (Å²) in [5.74, 6) is -1.43. The number of likely N-dealkylation sites (tertiary alicyclic amines) is 1. The van der Waals surface area contributed by atoms with Crippen LogP contribution < -0.4 is 5.32 Å². The molecular weight excluding hydrogens is 303 g/mol. The summed E-state index contributed by atoms with van der Waals surface area (Å²) < 4.78 is 0. The first-order chi connectivity index (χ1) is 9.45. The van der Waals surface area contributed by atoms with Crippen LogP contribution in [0.25, 0.3) is 0 Å². The number of rotatable bonds is 1. The molecule has 1 aromatic carbocycles. The molecule has 108 valence electrons. The highest BCUT2D eigenvalue weighted by molar-refractivity contribution is 6.40. The molecule has 0 aliphatic carbocycles. The highest BCUT2D eigenvalue weighted by Crippen LogP contribution is 2.22. The second kappa shape index (κ2) is 6.43. The molecule has 1 saturated heterocycles. The number of anilines is 1. The number of hydrogen-bond acceptors (Lipinski definition) is 3. The molecule has 0 radical (unpaired) electrons. The van der Waals surface area contributed by atoms with Crippen molar-refractivity contribution in [2.24, 2.45) is 0 Å². The second-order valence-electron chi connectivity index (χ2n) is 4.66. The standard InChI is InChI=1S/C13H14Cl2N2O3/c14-8-4-9(15)6-10(5-8)16-12(19)13(20)17-3-1-2-11(18)7-17/h4-6,11,18H,1-3,7H2,(H,16,19). The van der Waals surface area contributed by atoms with Crippen LogP contribution >= 0.6 is 23.2 Å². The number of hydrogen-bond donors (Lipinski definition) is 2. The molecule has 0 spiro atoms. The number of carbonyl (C=O) groups excluding carboxylic acids is 2. The lowest BCUT2D eigenvalue weighted by molar-refractivity contribution is -0.145. The minimum Gasteiger partial charge on any atom is -0.391 e. The Morgan fingerprint density at radius 3 is 2.50 bits per heavy atom. The number of piperidine rings is 1. The van der Waals surface area contributed by atoms with Gasteiger partial charge in [-0.2, -0.15) is 0 Å². The maximum atomic E-state index is 12.0. The number of aliphatic hydroxyl groups is 1. The Bertz CT molecular complexity index is 516. The fourth-order valence-electron chi connectivity index (χ4n) is 2.09. The van der Waals surface area contributed by atoms with Gasteiger partial charge in [-0.25, -0.2) is 0 Å². The Morgan fingerprint density at radius 1 is 1.25 bits per heavy atom. The molecule has 5 nitrogen and oxygen atoms in total. The molecule has 1 aliphatic rings. The first kappa shape index (κ1) is 15.1. The third-order valence-electron chi connectivity index (χ3n) is 3.00. The maximum absolute atomic E-state index is 12.0. The summed E-state index contributed by atoms with van der Waals surface area (Å²) in [5.41, 5.74) is 0.360. The molecule has 1 heterocycles. The van der Waals surface area contributed by atoms with Gasteiger partial charge in [-0.1, -0.05) is 23.2 Å². The summed E-state index contributed by atoms with van der Waals surface area (Å²) in [6.45, 7) is 0.655. The van der Waals surface area contributed by atoms with Crippen molar-refractivity contribution in [1.82, 2.24) is 4.90 Å². The monoisotopic (exact) mass is 316 g/mol. The van der Waals surface area contributed by atoms with E-state index < -0.39 is 17.9 Å². The fourth-order valence-corrected chi connectivity index (χ4v) is 2.62. The van der Waals surface area contributed by atoms with Crippen molar-refractivity contribution in [3.8, 4) is 0 Å². The van der Waals surface area contributed by atoms with Crippen LogP contribution in [0.5, 0.6) is 0 Å². The van der Waals surface area contributed by atoms with Crippen molar-refractivity contribution in [2.75, 3.05) is 18.4 Å². The quantitative estimate of drug-likeness (QED) is 0.778. The lowest BCUT2D eigenvalue weighted by Gasteiger charge is -2.29. The predicted molar refractivity (Wildman–Crippen MR) is 76.9 cm³/mol. The van der Waals surface area contributed by atoms with Crippen molar-refractivity contribution in [1.29, 1.82) is 0 Å². The van der Waals surface area contributed by atoms with Gasteiger partial charge in [0.15, 0.2) is 0 Å². The van der Waals surface area contributed by atoms with Gasteiger partial charge >= 0.3 is 11.8 Å².